The van der Waals surface area contributed by atoms with Crippen LogP contribution in [0.3, 0.4) is 0 Å². The highest BCUT2D eigenvalue weighted by molar-refractivity contribution is 5.85. The molecule has 0 aliphatic carbocycles. The minimum Gasteiger partial charge on any atom is -0.507 e. The summed E-state index contributed by atoms with van der Waals surface area (Å²) in [4.78, 5) is 0. The van der Waals surface area contributed by atoms with Gasteiger partial charge in [-0.15, -0.1) is 12.4 Å². The smallest absolute Gasteiger partial charge is 0.390 e. The molecular weight excluding hydrogens is 327 g/mol. The van der Waals surface area contributed by atoms with Gasteiger partial charge in [-0.2, -0.15) is 13.2 Å². The topological polar surface area (TPSA) is 46.2 Å². The van der Waals surface area contributed by atoms with Crippen LogP contribution in [-0.2, 0) is 10.8 Å². The fourth-order valence-corrected chi connectivity index (χ4v) is 2.38. The number of halogens is 4. The molecule has 0 bridgehead atoms. The lowest BCUT2D eigenvalue weighted by atomic mass is 9.77. The zero-order chi connectivity index (χ0) is 17.5. The Morgan fingerprint density at radius 2 is 1.30 bits per heavy atom. The number of aromatic hydroxyl groups is 1. The SMILES string of the molecule is CC(C)(C)c1cc([C@@H](N)CC(F)(F)F)cc(C(C)(C)C)c1O.Cl. The molecular formula is C17H27ClF3NO. The van der Waals surface area contributed by atoms with Crippen molar-refractivity contribution in [3.63, 3.8) is 0 Å². The van der Waals surface area contributed by atoms with E-state index in [1.165, 1.54) is 0 Å². The molecule has 134 valence electrons. The summed E-state index contributed by atoms with van der Waals surface area (Å²) in [6.07, 6.45) is -5.40. The van der Waals surface area contributed by atoms with Gasteiger partial charge in [0.25, 0.3) is 0 Å². The molecule has 0 heterocycles. The van der Waals surface area contributed by atoms with Gasteiger partial charge < -0.3 is 10.8 Å². The third kappa shape index (κ3) is 5.88. The van der Waals surface area contributed by atoms with E-state index in [4.69, 9.17) is 5.73 Å². The highest BCUT2D eigenvalue weighted by Crippen LogP contribution is 2.41. The lowest BCUT2D eigenvalue weighted by Crippen LogP contribution is -2.23. The van der Waals surface area contributed by atoms with Gasteiger partial charge in [0.1, 0.15) is 5.75 Å². The molecule has 0 fully saturated rings. The first kappa shape index (κ1) is 22.1. The zero-order valence-electron chi connectivity index (χ0n) is 14.5. The normalized spacial score (nSPS) is 14.3. The molecule has 3 N–H and O–H groups in total. The van der Waals surface area contributed by atoms with Crippen molar-refractivity contribution in [1.82, 2.24) is 0 Å². The summed E-state index contributed by atoms with van der Waals surface area (Å²) in [7, 11) is 0. The Morgan fingerprint density at radius 3 is 1.57 bits per heavy atom. The van der Waals surface area contributed by atoms with Crippen LogP contribution < -0.4 is 5.73 Å². The van der Waals surface area contributed by atoms with Crippen LogP contribution in [0.1, 0.15) is 70.7 Å². The van der Waals surface area contributed by atoms with E-state index in [2.05, 4.69) is 0 Å². The second-order valence-corrected chi connectivity index (χ2v) is 7.89. The van der Waals surface area contributed by atoms with Crippen molar-refractivity contribution in [2.75, 3.05) is 0 Å². The Kier molecular flexibility index (Phi) is 6.61. The van der Waals surface area contributed by atoms with E-state index < -0.39 is 29.5 Å². The van der Waals surface area contributed by atoms with E-state index >= 15 is 0 Å². The first-order valence-corrected chi connectivity index (χ1v) is 7.33. The number of hydrogen-bond acceptors (Lipinski definition) is 2. The molecule has 0 radical (unpaired) electrons. The number of phenols is 1. The third-order valence-electron chi connectivity index (χ3n) is 3.63. The van der Waals surface area contributed by atoms with Crippen molar-refractivity contribution in [2.24, 2.45) is 5.73 Å². The summed E-state index contributed by atoms with van der Waals surface area (Å²) in [6, 6.07) is 2.06. The number of phenolic OH excluding ortho intramolecular Hbond substituents is 1. The summed E-state index contributed by atoms with van der Waals surface area (Å²) in [6.45, 7) is 11.5. The van der Waals surface area contributed by atoms with Crippen molar-refractivity contribution < 1.29 is 18.3 Å². The van der Waals surface area contributed by atoms with E-state index in [0.29, 0.717) is 16.7 Å². The van der Waals surface area contributed by atoms with Crippen molar-refractivity contribution in [1.29, 1.82) is 0 Å². The summed E-state index contributed by atoms with van der Waals surface area (Å²) in [5.41, 5.74) is 6.62. The molecule has 0 aliphatic rings. The van der Waals surface area contributed by atoms with Gasteiger partial charge in [-0.05, 0) is 39.7 Å². The predicted molar refractivity (Wildman–Crippen MR) is 90.4 cm³/mol. The number of hydrogen-bond donors (Lipinski definition) is 2. The Balaban J connectivity index is 0.00000484. The Hall–Kier alpha value is -0.940. The quantitative estimate of drug-likeness (QED) is 0.751. The van der Waals surface area contributed by atoms with Crippen LogP contribution in [0.5, 0.6) is 5.75 Å². The molecule has 1 aromatic rings. The maximum atomic E-state index is 12.6. The second-order valence-electron chi connectivity index (χ2n) is 7.89. The highest BCUT2D eigenvalue weighted by atomic mass is 35.5. The van der Waals surface area contributed by atoms with E-state index in [1.807, 2.05) is 41.5 Å². The summed E-state index contributed by atoms with van der Waals surface area (Å²) in [5.74, 6) is 0.142. The molecule has 0 saturated heterocycles. The average molecular weight is 354 g/mol. The minimum atomic E-state index is -4.32. The molecule has 1 rings (SSSR count). The van der Waals surface area contributed by atoms with E-state index in [1.54, 1.807) is 12.1 Å². The van der Waals surface area contributed by atoms with Crippen LogP contribution in [0, 0.1) is 0 Å². The largest absolute Gasteiger partial charge is 0.507 e. The highest BCUT2D eigenvalue weighted by Gasteiger charge is 2.33. The first-order chi connectivity index (χ1) is 9.63. The van der Waals surface area contributed by atoms with Crippen LogP contribution >= 0.6 is 12.4 Å². The van der Waals surface area contributed by atoms with Gasteiger partial charge >= 0.3 is 6.18 Å². The van der Waals surface area contributed by atoms with Crippen LogP contribution in [0.2, 0.25) is 0 Å². The maximum Gasteiger partial charge on any atom is 0.390 e. The standard InChI is InChI=1S/C17H26F3NO.ClH/c1-15(2,3)11-7-10(13(21)9-17(18,19)20)8-12(14(11)22)16(4,5)6;/h7-8,13,22H,9,21H2,1-6H3;1H/t13-;/m0./s1. The molecule has 0 unspecified atom stereocenters. The van der Waals surface area contributed by atoms with Crippen LogP contribution in [0.25, 0.3) is 0 Å². The fraction of sp³-hybridized carbons (Fsp3) is 0.647. The lowest BCUT2D eigenvalue weighted by Gasteiger charge is -2.29. The van der Waals surface area contributed by atoms with Gasteiger partial charge in [-0.3, -0.25) is 0 Å². The molecule has 0 aromatic heterocycles. The van der Waals surface area contributed by atoms with Gasteiger partial charge in [-0.1, -0.05) is 41.5 Å². The van der Waals surface area contributed by atoms with Crippen LogP contribution in [0.4, 0.5) is 13.2 Å². The minimum absolute atomic E-state index is 0. The van der Waals surface area contributed by atoms with Crippen molar-refractivity contribution in [2.45, 2.75) is 71.0 Å². The molecule has 23 heavy (non-hydrogen) atoms. The number of nitrogens with two attached hydrogens (primary N) is 1. The van der Waals surface area contributed by atoms with Gasteiger partial charge in [0, 0.05) is 6.04 Å². The van der Waals surface area contributed by atoms with E-state index in [0.717, 1.165) is 0 Å². The molecule has 0 aliphatic heterocycles. The average Bonchev–Trinajstić information content (AvgIpc) is 2.23. The zero-order valence-corrected chi connectivity index (χ0v) is 15.3. The monoisotopic (exact) mass is 353 g/mol. The third-order valence-corrected chi connectivity index (χ3v) is 3.63. The van der Waals surface area contributed by atoms with Crippen LogP contribution in [0.15, 0.2) is 12.1 Å². The van der Waals surface area contributed by atoms with Crippen LogP contribution in [-0.4, -0.2) is 11.3 Å². The van der Waals surface area contributed by atoms with Gasteiger partial charge in [0.2, 0.25) is 0 Å². The molecule has 0 saturated carbocycles. The predicted octanol–water partition coefficient (Wildman–Crippen LogP) is 5.36. The molecule has 1 aromatic carbocycles. The van der Waals surface area contributed by atoms with Gasteiger partial charge in [0.05, 0.1) is 6.42 Å². The Morgan fingerprint density at radius 1 is 0.957 bits per heavy atom. The maximum absolute atomic E-state index is 12.6. The molecule has 6 heteroatoms. The Bertz CT molecular complexity index is 507. The number of benzene rings is 1. The van der Waals surface area contributed by atoms with Crippen molar-refractivity contribution >= 4 is 12.4 Å². The molecule has 0 spiro atoms. The van der Waals surface area contributed by atoms with E-state index in [9.17, 15) is 18.3 Å². The molecule has 2 nitrogen and oxygen atoms in total. The number of alkyl halides is 3. The molecule has 1 atom stereocenters. The summed E-state index contributed by atoms with van der Waals surface area (Å²) < 4.78 is 37.8. The van der Waals surface area contributed by atoms with E-state index in [-0.39, 0.29) is 18.2 Å². The lowest BCUT2D eigenvalue weighted by molar-refractivity contribution is -0.138. The Labute approximate surface area is 142 Å². The van der Waals surface area contributed by atoms with Crippen molar-refractivity contribution in [3.8, 4) is 5.75 Å². The number of rotatable bonds is 2. The first-order valence-electron chi connectivity index (χ1n) is 7.33. The molecule has 0 amide bonds. The van der Waals surface area contributed by atoms with Crippen molar-refractivity contribution in [3.05, 3.63) is 28.8 Å². The summed E-state index contributed by atoms with van der Waals surface area (Å²) >= 11 is 0. The fourth-order valence-electron chi connectivity index (χ4n) is 2.38. The van der Waals surface area contributed by atoms with Gasteiger partial charge in [0.15, 0.2) is 0 Å². The second kappa shape index (κ2) is 6.89. The summed E-state index contributed by atoms with van der Waals surface area (Å²) in [5, 5.41) is 10.5. The van der Waals surface area contributed by atoms with Gasteiger partial charge in [-0.25, -0.2) is 0 Å².